The topological polar surface area (TPSA) is 143 Å². The van der Waals surface area contributed by atoms with Gasteiger partial charge in [0.05, 0.1) is 12.8 Å². The highest BCUT2D eigenvalue weighted by atomic mass is 31.1. The van der Waals surface area contributed by atoms with Crippen LogP contribution in [0.1, 0.15) is 6.42 Å². The SMILES string of the molecule is Nc1nc2c(c(=O)[nH]1)NCN2C1OC(CO[P+](=O)O)CC1P. The lowest BCUT2D eigenvalue weighted by Gasteiger charge is -2.27. The molecule has 12 heteroatoms. The van der Waals surface area contributed by atoms with Gasteiger partial charge in [-0.3, -0.25) is 9.78 Å². The van der Waals surface area contributed by atoms with Gasteiger partial charge in [-0.25, -0.2) is 0 Å². The molecule has 0 amide bonds. The molecule has 3 rings (SSSR count). The van der Waals surface area contributed by atoms with E-state index < -0.39 is 8.25 Å². The van der Waals surface area contributed by atoms with Crippen molar-refractivity contribution in [2.75, 3.05) is 29.2 Å². The second-order valence-corrected chi connectivity index (χ2v) is 6.63. The Labute approximate surface area is 128 Å². The van der Waals surface area contributed by atoms with Gasteiger partial charge in [0.15, 0.2) is 5.82 Å². The third kappa shape index (κ3) is 2.93. The van der Waals surface area contributed by atoms with Crippen molar-refractivity contribution in [2.45, 2.75) is 24.4 Å². The molecule has 0 bridgehead atoms. The molecule has 2 aliphatic heterocycles. The Kier molecular flexibility index (Phi) is 4.29. The molecule has 1 aromatic rings. The van der Waals surface area contributed by atoms with Crippen LogP contribution in [0.4, 0.5) is 17.5 Å². The minimum Gasteiger partial charge on any atom is -0.369 e. The molecule has 0 spiro atoms. The number of hydrogen-bond acceptors (Lipinski definition) is 8. The summed E-state index contributed by atoms with van der Waals surface area (Å²) in [6.07, 6.45) is -0.0113. The summed E-state index contributed by atoms with van der Waals surface area (Å²) >= 11 is 0. The lowest BCUT2D eigenvalue weighted by Crippen LogP contribution is -2.40. The Hall–Kier alpha value is -1.31. The standard InChI is InChI=1S/C10H15N5O5P2/c11-10-13-7-6(8(16)14-10)12-3-15(7)9-5(21)1-4(20-9)2-19-22(17)18/h4-5,9,12H,1-3,21H2,(H3-,11,13,14,16,17,18)/p+1. The smallest absolute Gasteiger partial charge is 0.369 e. The lowest BCUT2D eigenvalue weighted by molar-refractivity contribution is 0.0177. The Morgan fingerprint density at radius 2 is 2.41 bits per heavy atom. The average molecular weight is 348 g/mol. The van der Waals surface area contributed by atoms with E-state index in [9.17, 15) is 9.36 Å². The summed E-state index contributed by atoms with van der Waals surface area (Å²) in [6, 6.07) is 0. The van der Waals surface area contributed by atoms with Gasteiger partial charge in [-0.15, -0.1) is 18.7 Å². The van der Waals surface area contributed by atoms with Crippen LogP contribution >= 0.6 is 17.5 Å². The van der Waals surface area contributed by atoms with Crippen LogP contribution in [0.2, 0.25) is 0 Å². The van der Waals surface area contributed by atoms with Gasteiger partial charge in [0.1, 0.15) is 18.5 Å². The van der Waals surface area contributed by atoms with Gasteiger partial charge in [-0.1, -0.05) is 0 Å². The van der Waals surface area contributed by atoms with Crippen molar-refractivity contribution >= 4 is 34.9 Å². The van der Waals surface area contributed by atoms with E-state index >= 15 is 0 Å². The number of ether oxygens (including phenoxy) is 1. The average Bonchev–Trinajstić information content (AvgIpc) is 3.00. The van der Waals surface area contributed by atoms with Gasteiger partial charge in [0.25, 0.3) is 5.56 Å². The largest absolute Gasteiger partial charge is 0.694 e. The summed E-state index contributed by atoms with van der Waals surface area (Å²) in [5, 5.41) is 2.97. The van der Waals surface area contributed by atoms with Crippen molar-refractivity contribution in [3.8, 4) is 0 Å². The molecule has 22 heavy (non-hydrogen) atoms. The molecule has 3 heterocycles. The van der Waals surface area contributed by atoms with Crippen molar-refractivity contribution in [2.24, 2.45) is 0 Å². The van der Waals surface area contributed by atoms with Crippen LogP contribution in [0, 0.1) is 0 Å². The molecule has 10 nitrogen and oxygen atoms in total. The molecule has 0 saturated carbocycles. The number of nitrogens with zero attached hydrogens (tertiary/aromatic N) is 2. The van der Waals surface area contributed by atoms with E-state index in [0.29, 0.717) is 24.6 Å². The van der Waals surface area contributed by atoms with E-state index in [0.717, 1.165) is 0 Å². The first-order valence-electron chi connectivity index (χ1n) is 6.56. The number of rotatable bonds is 4. The quantitative estimate of drug-likeness (QED) is 0.533. The molecular weight excluding hydrogens is 332 g/mol. The first-order valence-corrected chi connectivity index (χ1v) is 8.36. The van der Waals surface area contributed by atoms with Crippen LogP contribution in [-0.4, -0.2) is 46.1 Å². The zero-order valence-corrected chi connectivity index (χ0v) is 13.5. The number of H-pyrrole nitrogens is 1. The predicted octanol–water partition coefficient (Wildman–Crippen LogP) is -0.434. The van der Waals surface area contributed by atoms with E-state index in [4.69, 9.17) is 19.9 Å². The molecule has 0 aromatic carbocycles. The molecule has 5 N–H and O–H groups in total. The molecule has 1 aromatic heterocycles. The maximum Gasteiger partial charge on any atom is 0.694 e. The van der Waals surface area contributed by atoms with Crippen molar-refractivity contribution in [1.82, 2.24) is 9.97 Å². The molecule has 5 unspecified atom stereocenters. The predicted molar refractivity (Wildman–Crippen MR) is 82.8 cm³/mol. The minimum absolute atomic E-state index is 0.0339. The summed E-state index contributed by atoms with van der Waals surface area (Å²) in [4.78, 5) is 28.9. The zero-order chi connectivity index (χ0) is 15.9. The summed E-state index contributed by atoms with van der Waals surface area (Å²) < 4.78 is 21.1. The third-order valence-electron chi connectivity index (χ3n) is 3.53. The number of nitrogen functional groups attached to an aromatic ring is 1. The van der Waals surface area contributed by atoms with E-state index in [1.54, 1.807) is 4.90 Å². The van der Waals surface area contributed by atoms with E-state index in [1.165, 1.54) is 0 Å². The Morgan fingerprint density at radius 1 is 1.64 bits per heavy atom. The number of anilines is 3. The molecule has 1 fully saturated rings. The van der Waals surface area contributed by atoms with Gasteiger partial charge in [-0.05, 0) is 6.42 Å². The fourth-order valence-corrected chi connectivity index (χ4v) is 3.52. The monoisotopic (exact) mass is 348 g/mol. The Morgan fingerprint density at radius 3 is 3.14 bits per heavy atom. The second-order valence-electron chi connectivity index (χ2n) is 5.04. The number of nitrogens with two attached hydrogens (primary N) is 1. The highest BCUT2D eigenvalue weighted by molar-refractivity contribution is 7.32. The number of aromatic amines is 1. The summed E-state index contributed by atoms with van der Waals surface area (Å²) in [5.41, 5.74) is 5.67. The second kappa shape index (κ2) is 6.06. The maximum atomic E-state index is 11.8. The Balaban J connectivity index is 1.77. The summed E-state index contributed by atoms with van der Waals surface area (Å²) in [7, 11) is 0.0315. The zero-order valence-electron chi connectivity index (χ0n) is 11.4. The molecular formula is C10H16N5O5P2+. The van der Waals surface area contributed by atoms with Gasteiger partial charge >= 0.3 is 8.25 Å². The van der Waals surface area contributed by atoms with Crippen molar-refractivity contribution in [3.63, 3.8) is 0 Å². The normalized spacial score (nSPS) is 27.6. The number of aromatic nitrogens is 2. The fraction of sp³-hybridized carbons (Fsp3) is 0.600. The fourth-order valence-electron chi connectivity index (χ4n) is 2.63. The molecule has 5 atom stereocenters. The minimum atomic E-state index is -2.64. The van der Waals surface area contributed by atoms with Crippen LogP contribution in [0.5, 0.6) is 0 Å². The molecule has 120 valence electrons. The maximum absolute atomic E-state index is 11.8. The molecule has 0 radical (unpaired) electrons. The van der Waals surface area contributed by atoms with Crippen LogP contribution in [0.25, 0.3) is 0 Å². The van der Waals surface area contributed by atoms with Crippen molar-refractivity contribution < 1.29 is 18.7 Å². The summed E-state index contributed by atoms with van der Waals surface area (Å²) in [5.74, 6) is 0.474. The molecule has 1 saturated heterocycles. The Bertz CT molecular complexity index is 655. The van der Waals surface area contributed by atoms with Gasteiger partial charge in [0.2, 0.25) is 5.95 Å². The highest BCUT2D eigenvalue weighted by Crippen LogP contribution is 2.36. The van der Waals surface area contributed by atoms with E-state index in [2.05, 4.69) is 24.5 Å². The van der Waals surface area contributed by atoms with Gasteiger partial charge in [-0.2, -0.15) is 4.98 Å². The number of nitrogens with one attached hydrogen (secondary N) is 2. The van der Waals surface area contributed by atoms with Crippen LogP contribution < -0.4 is 21.5 Å². The van der Waals surface area contributed by atoms with Crippen LogP contribution in [-0.2, 0) is 13.8 Å². The van der Waals surface area contributed by atoms with E-state index in [1.807, 2.05) is 0 Å². The van der Waals surface area contributed by atoms with E-state index in [-0.39, 0.29) is 36.1 Å². The van der Waals surface area contributed by atoms with Crippen molar-refractivity contribution in [3.05, 3.63) is 10.4 Å². The number of fused-ring (bicyclic) bond motifs is 1. The lowest BCUT2D eigenvalue weighted by atomic mass is 10.2. The highest BCUT2D eigenvalue weighted by Gasteiger charge is 2.41. The number of hydrogen-bond donors (Lipinski definition) is 4. The van der Waals surface area contributed by atoms with Gasteiger partial charge in [0, 0.05) is 10.2 Å². The van der Waals surface area contributed by atoms with Crippen LogP contribution in [0.3, 0.4) is 0 Å². The summed E-state index contributed by atoms with van der Waals surface area (Å²) in [6.45, 7) is 0.401. The first-order chi connectivity index (χ1) is 10.5. The van der Waals surface area contributed by atoms with Gasteiger partial charge < -0.3 is 20.7 Å². The first kappa shape index (κ1) is 15.6. The van der Waals surface area contributed by atoms with Crippen LogP contribution in [0.15, 0.2) is 4.79 Å². The molecule has 2 aliphatic rings. The molecule has 0 aliphatic carbocycles. The third-order valence-corrected chi connectivity index (χ3v) is 4.50. The van der Waals surface area contributed by atoms with Crippen molar-refractivity contribution in [1.29, 1.82) is 0 Å².